The van der Waals surface area contributed by atoms with Gasteiger partial charge in [0.25, 0.3) is 0 Å². The summed E-state index contributed by atoms with van der Waals surface area (Å²) in [6.45, 7) is 8.48. The molecule has 0 unspecified atom stereocenters. The van der Waals surface area contributed by atoms with Crippen molar-refractivity contribution in [1.29, 1.82) is 0 Å². The molecule has 0 aliphatic rings. The summed E-state index contributed by atoms with van der Waals surface area (Å²) < 4.78 is 0. The monoisotopic (exact) mass is 376 g/mol. The van der Waals surface area contributed by atoms with E-state index in [4.69, 9.17) is 4.84 Å². The van der Waals surface area contributed by atoms with Crippen molar-refractivity contribution in [3.8, 4) is 28.1 Å². The molecule has 0 aliphatic carbocycles. The Morgan fingerprint density at radius 2 is 1.50 bits per heavy atom. The number of hydrogen-bond acceptors (Lipinski definition) is 4. The summed E-state index contributed by atoms with van der Waals surface area (Å²) in [4.78, 5) is 21.4. The molecule has 0 aliphatic heterocycles. The van der Waals surface area contributed by atoms with Crippen LogP contribution in [-0.4, -0.2) is 17.3 Å². The van der Waals surface area contributed by atoms with Gasteiger partial charge >= 0.3 is 0 Å². The fraction of sp³-hybridized carbons (Fsp3) is 0.250. The van der Waals surface area contributed by atoms with Crippen molar-refractivity contribution < 1.29 is 9.63 Å². The molecule has 1 aromatic heterocycles. The zero-order valence-electron chi connectivity index (χ0n) is 17.0. The topological polar surface area (TPSA) is 51.2 Å². The molecular weight excluding hydrogens is 348 g/mol. The lowest BCUT2D eigenvalue weighted by Crippen LogP contribution is -2.18. The molecule has 146 valence electrons. The van der Waals surface area contributed by atoms with Gasteiger partial charge in [-0.25, -0.2) is 0 Å². The zero-order valence-corrected chi connectivity index (χ0v) is 17.0. The summed E-state index contributed by atoms with van der Waals surface area (Å²) in [5.41, 5.74) is 7.63. The minimum absolute atomic E-state index is 0.0716. The second-order valence-corrected chi connectivity index (χ2v) is 6.09. The van der Waals surface area contributed by atoms with Crippen LogP contribution in [0.5, 0.6) is 5.75 Å². The first-order chi connectivity index (χ1) is 13.7. The van der Waals surface area contributed by atoms with Crippen LogP contribution >= 0.6 is 0 Å². The Kier molecular flexibility index (Phi) is 8.37. The lowest BCUT2D eigenvalue weighted by molar-refractivity contribution is 0.101. The SMILES string of the molecule is CC.CCCNOc1ccc(-c2ccc(-c3ccc(C(C)=O)cc3)cn2)cc1. The van der Waals surface area contributed by atoms with E-state index in [-0.39, 0.29) is 5.78 Å². The van der Waals surface area contributed by atoms with E-state index >= 15 is 0 Å². The van der Waals surface area contributed by atoms with Crippen LogP contribution in [0.25, 0.3) is 22.4 Å². The quantitative estimate of drug-likeness (QED) is 0.315. The average Bonchev–Trinajstić information content (AvgIpc) is 2.76. The van der Waals surface area contributed by atoms with Crippen LogP contribution in [0.1, 0.15) is 44.5 Å². The molecule has 1 N–H and O–H groups in total. The molecule has 0 saturated heterocycles. The Hall–Kier alpha value is -2.98. The minimum Gasteiger partial charge on any atom is -0.409 e. The van der Waals surface area contributed by atoms with Gasteiger partial charge in [0.05, 0.1) is 5.69 Å². The summed E-state index contributed by atoms with van der Waals surface area (Å²) in [6.07, 6.45) is 2.87. The first-order valence-electron chi connectivity index (χ1n) is 9.75. The van der Waals surface area contributed by atoms with Crippen LogP contribution in [-0.2, 0) is 0 Å². The molecular formula is C24H28N2O2. The zero-order chi connectivity index (χ0) is 20.4. The first-order valence-corrected chi connectivity index (χ1v) is 9.75. The highest BCUT2D eigenvalue weighted by Gasteiger charge is 2.04. The summed E-state index contributed by atoms with van der Waals surface area (Å²) in [6, 6.07) is 19.5. The summed E-state index contributed by atoms with van der Waals surface area (Å²) in [5.74, 6) is 0.853. The maximum atomic E-state index is 11.4. The molecule has 3 aromatic rings. The van der Waals surface area contributed by atoms with Crippen LogP contribution in [0.4, 0.5) is 0 Å². The van der Waals surface area contributed by atoms with Crippen LogP contribution in [0, 0.1) is 0 Å². The number of nitrogens with one attached hydrogen (secondary N) is 1. The number of carbonyl (C=O) groups excluding carboxylic acids is 1. The number of rotatable bonds is 7. The summed E-state index contributed by atoms with van der Waals surface area (Å²) in [5, 5.41) is 0. The van der Waals surface area contributed by atoms with E-state index in [1.165, 1.54) is 0 Å². The Labute approximate surface area is 167 Å². The number of Topliss-reactive ketones (excluding diaryl/α,β-unsaturated/α-hetero) is 1. The highest BCUT2D eigenvalue weighted by atomic mass is 16.6. The van der Waals surface area contributed by atoms with Gasteiger partial charge in [-0.1, -0.05) is 51.1 Å². The van der Waals surface area contributed by atoms with Gasteiger partial charge in [-0.2, -0.15) is 5.48 Å². The van der Waals surface area contributed by atoms with Crippen molar-refractivity contribution in [3.05, 3.63) is 72.4 Å². The van der Waals surface area contributed by atoms with Crippen LogP contribution in [0.2, 0.25) is 0 Å². The van der Waals surface area contributed by atoms with Gasteiger partial charge in [0, 0.05) is 29.4 Å². The van der Waals surface area contributed by atoms with Crippen LogP contribution in [0.3, 0.4) is 0 Å². The first kappa shape index (κ1) is 21.3. The highest BCUT2D eigenvalue weighted by molar-refractivity contribution is 5.94. The molecule has 0 atom stereocenters. The fourth-order valence-corrected chi connectivity index (χ4v) is 2.56. The van der Waals surface area contributed by atoms with Gasteiger partial charge in [0.1, 0.15) is 5.75 Å². The molecule has 0 bridgehead atoms. The van der Waals surface area contributed by atoms with Crippen molar-refractivity contribution in [2.75, 3.05) is 6.54 Å². The van der Waals surface area contributed by atoms with Gasteiger partial charge < -0.3 is 4.84 Å². The average molecular weight is 377 g/mol. The number of ketones is 1. The second kappa shape index (κ2) is 11.0. The van der Waals surface area contributed by atoms with E-state index in [1.807, 2.05) is 80.7 Å². The van der Waals surface area contributed by atoms with Crippen molar-refractivity contribution in [1.82, 2.24) is 10.5 Å². The van der Waals surface area contributed by atoms with E-state index in [0.717, 1.165) is 41.1 Å². The molecule has 0 saturated carbocycles. The standard InChI is InChI=1S/C22H22N2O2.C2H6/c1-3-14-24-26-21-11-8-19(9-12-21)22-13-10-20(15-23-22)18-6-4-17(5-7-18)16(2)25;1-2/h4-13,15,24H,3,14H2,1-2H3;1-2H3. The fourth-order valence-electron chi connectivity index (χ4n) is 2.56. The number of aromatic nitrogens is 1. The molecule has 0 spiro atoms. The van der Waals surface area contributed by atoms with E-state index in [1.54, 1.807) is 6.92 Å². The van der Waals surface area contributed by atoms with E-state index in [0.29, 0.717) is 5.56 Å². The third-order valence-electron chi connectivity index (χ3n) is 4.08. The lowest BCUT2D eigenvalue weighted by atomic mass is 10.0. The molecule has 0 fully saturated rings. The van der Waals surface area contributed by atoms with Gasteiger partial charge in [0.2, 0.25) is 0 Å². The van der Waals surface area contributed by atoms with Gasteiger partial charge in [0.15, 0.2) is 5.78 Å². The number of benzene rings is 2. The molecule has 4 heteroatoms. The number of nitrogens with zero attached hydrogens (tertiary/aromatic N) is 1. The van der Waals surface area contributed by atoms with Crippen molar-refractivity contribution in [2.24, 2.45) is 0 Å². The minimum atomic E-state index is 0.0716. The molecule has 2 aromatic carbocycles. The Bertz CT molecular complexity index is 855. The maximum Gasteiger partial charge on any atom is 0.159 e. The third-order valence-corrected chi connectivity index (χ3v) is 4.08. The van der Waals surface area contributed by atoms with Crippen molar-refractivity contribution >= 4 is 5.78 Å². The third kappa shape index (κ3) is 5.76. The Morgan fingerprint density at radius 3 is 2.04 bits per heavy atom. The molecule has 1 heterocycles. The number of pyridine rings is 1. The maximum absolute atomic E-state index is 11.4. The van der Waals surface area contributed by atoms with Gasteiger partial charge in [-0.15, -0.1) is 0 Å². The largest absolute Gasteiger partial charge is 0.409 e. The van der Waals surface area contributed by atoms with Crippen LogP contribution in [0.15, 0.2) is 66.9 Å². The summed E-state index contributed by atoms with van der Waals surface area (Å²) in [7, 11) is 0. The number of hydrogen-bond donors (Lipinski definition) is 1. The van der Waals surface area contributed by atoms with Gasteiger partial charge in [-0.3, -0.25) is 9.78 Å². The number of carbonyl (C=O) groups is 1. The van der Waals surface area contributed by atoms with E-state index in [2.05, 4.69) is 17.4 Å². The predicted molar refractivity (Wildman–Crippen MR) is 115 cm³/mol. The smallest absolute Gasteiger partial charge is 0.159 e. The van der Waals surface area contributed by atoms with E-state index < -0.39 is 0 Å². The van der Waals surface area contributed by atoms with Gasteiger partial charge in [-0.05, 0) is 49.2 Å². The van der Waals surface area contributed by atoms with Crippen molar-refractivity contribution in [3.63, 3.8) is 0 Å². The molecule has 3 rings (SSSR count). The normalized spacial score (nSPS) is 10.0. The Balaban J connectivity index is 0.00000136. The van der Waals surface area contributed by atoms with Crippen molar-refractivity contribution in [2.45, 2.75) is 34.1 Å². The number of hydroxylamine groups is 1. The molecule has 4 nitrogen and oxygen atoms in total. The predicted octanol–water partition coefficient (Wildman–Crippen LogP) is 5.94. The second-order valence-electron chi connectivity index (χ2n) is 6.09. The molecule has 0 radical (unpaired) electrons. The molecule has 0 amide bonds. The summed E-state index contributed by atoms with van der Waals surface area (Å²) >= 11 is 0. The lowest BCUT2D eigenvalue weighted by Gasteiger charge is -2.07. The Morgan fingerprint density at radius 1 is 0.893 bits per heavy atom. The van der Waals surface area contributed by atoms with E-state index in [9.17, 15) is 4.79 Å². The molecule has 28 heavy (non-hydrogen) atoms. The highest BCUT2D eigenvalue weighted by Crippen LogP contribution is 2.24. The van der Waals surface area contributed by atoms with Crippen LogP contribution < -0.4 is 10.3 Å².